The van der Waals surface area contributed by atoms with Gasteiger partial charge in [-0.15, -0.1) is 0 Å². The summed E-state index contributed by atoms with van der Waals surface area (Å²) in [5, 5.41) is 11.4. The number of nitro benzene ring substituents is 1. The first-order valence-electron chi connectivity index (χ1n) is 10.9. The standard InChI is InChI=1S/C26H20ClFN2O6/c1-3-34-23-13-16(11-19(27)24(23)35-14-17-7-4-5-9-20(17)28)12-21-26(31)36-25(29-21)18-8-6-10-22(15(18)2)30(32)33/h4-13H,3,14H2,1-2H3/b21-12-. The predicted molar refractivity (Wildman–Crippen MR) is 132 cm³/mol. The van der Waals surface area contributed by atoms with Gasteiger partial charge in [-0.3, -0.25) is 10.1 Å². The van der Waals surface area contributed by atoms with Gasteiger partial charge in [-0.1, -0.05) is 35.9 Å². The van der Waals surface area contributed by atoms with Gasteiger partial charge in [0.05, 0.1) is 16.6 Å². The zero-order valence-corrected chi connectivity index (χ0v) is 20.0. The van der Waals surface area contributed by atoms with E-state index in [1.165, 1.54) is 24.3 Å². The van der Waals surface area contributed by atoms with Gasteiger partial charge >= 0.3 is 5.97 Å². The van der Waals surface area contributed by atoms with E-state index in [0.29, 0.717) is 34.6 Å². The summed E-state index contributed by atoms with van der Waals surface area (Å²) in [6.07, 6.45) is 1.46. The number of rotatable bonds is 8. The monoisotopic (exact) mass is 510 g/mol. The second-order valence-electron chi connectivity index (χ2n) is 7.69. The normalized spacial score (nSPS) is 13.9. The highest BCUT2D eigenvalue weighted by molar-refractivity contribution is 6.32. The minimum absolute atomic E-state index is 0.0190. The smallest absolute Gasteiger partial charge is 0.363 e. The first kappa shape index (κ1) is 24.9. The van der Waals surface area contributed by atoms with Gasteiger partial charge in [0.2, 0.25) is 5.90 Å². The molecule has 0 N–H and O–H groups in total. The first-order chi connectivity index (χ1) is 17.3. The number of hydrogen-bond acceptors (Lipinski definition) is 7. The zero-order valence-electron chi connectivity index (χ0n) is 19.3. The molecule has 8 nitrogen and oxygen atoms in total. The van der Waals surface area contributed by atoms with Gasteiger partial charge in [0.25, 0.3) is 5.69 Å². The molecule has 4 rings (SSSR count). The molecule has 3 aromatic rings. The summed E-state index contributed by atoms with van der Waals surface area (Å²) in [7, 11) is 0. The summed E-state index contributed by atoms with van der Waals surface area (Å²) in [5.74, 6) is -0.619. The number of nitro groups is 1. The Morgan fingerprint density at radius 2 is 1.94 bits per heavy atom. The number of ether oxygens (including phenoxy) is 3. The second kappa shape index (κ2) is 10.6. The van der Waals surface area contributed by atoms with Gasteiger partial charge < -0.3 is 14.2 Å². The molecule has 0 amide bonds. The van der Waals surface area contributed by atoms with E-state index in [2.05, 4.69) is 4.99 Å². The maximum Gasteiger partial charge on any atom is 0.363 e. The van der Waals surface area contributed by atoms with E-state index < -0.39 is 16.7 Å². The van der Waals surface area contributed by atoms with E-state index in [1.807, 2.05) is 0 Å². The zero-order chi connectivity index (χ0) is 25.8. The number of nitrogens with zero attached hydrogens (tertiary/aromatic N) is 2. The van der Waals surface area contributed by atoms with Crippen molar-refractivity contribution < 1.29 is 28.3 Å². The fraction of sp³-hybridized carbons (Fsp3) is 0.154. The summed E-state index contributed by atoms with van der Waals surface area (Å²) in [5.41, 5.74) is 1.38. The average Bonchev–Trinajstić information content (AvgIpc) is 3.19. The van der Waals surface area contributed by atoms with Crippen LogP contribution in [-0.2, 0) is 16.1 Å². The third-order valence-electron chi connectivity index (χ3n) is 5.32. The molecule has 3 aromatic carbocycles. The Hall–Kier alpha value is -4.24. The van der Waals surface area contributed by atoms with Crippen LogP contribution in [-0.4, -0.2) is 23.4 Å². The molecule has 0 bridgehead atoms. The van der Waals surface area contributed by atoms with Crippen LogP contribution in [0.1, 0.15) is 29.2 Å². The maximum absolute atomic E-state index is 14.0. The molecule has 0 unspecified atom stereocenters. The maximum atomic E-state index is 14.0. The Balaban J connectivity index is 1.65. The summed E-state index contributed by atoms with van der Waals surface area (Å²) in [6, 6.07) is 13.8. The van der Waals surface area contributed by atoms with Crippen molar-refractivity contribution >= 4 is 35.2 Å². The number of esters is 1. The number of aliphatic imine (C=N–C) groups is 1. The van der Waals surface area contributed by atoms with Crippen LogP contribution < -0.4 is 9.47 Å². The van der Waals surface area contributed by atoms with Crippen LogP contribution in [0, 0.1) is 22.9 Å². The molecule has 0 spiro atoms. The largest absolute Gasteiger partial charge is 0.490 e. The van der Waals surface area contributed by atoms with Gasteiger partial charge in [-0.25, -0.2) is 14.2 Å². The SMILES string of the molecule is CCOc1cc(/C=C2\N=C(c3cccc([N+](=O)[O-])c3C)OC2=O)cc(Cl)c1OCc1ccccc1F. The van der Waals surface area contributed by atoms with Crippen molar-refractivity contribution in [2.75, 3.05) is 6.61 Å². The molecule has 0 saturated heterocycles. The van der Waals surface area contributed by atoms with Gasteiger partial charge in [0.1, 0.15) is 12.4 Å². The predicted octanol–water partition coefficient (Wildman–Crippen LogP) is 6.02. The van der Waals surface area contributed by atoms with Crippen molar-refractivity contribution in [1.82, 2.24) is 0 Å². The highest BCUT2D eigenvalue weighted by Crippen LogP contribution is 2.38. The number of cyclic esters (lactones) is 1. The van der Waals surface area contributed by atoms with Gasteiger partial charge in [-0.2, -0.15) is 0 Å². The highest BCUT2D eigenvalue weighted by atomic mass is 35.5. The minimum Gasteiger partial charge on any atom is -0.490 e. The van der Waals surface area contributed by atoms with Gasteiger partial charge in [-0.05, 0) is 49.8 Å². The Kier molecular flexibility index (Phi) is 7.30. The van der Waals surface area contributed by atoms with E-state index in [4.69, 9.17) is 25.8 Å². The molecule has 0 aromatic heterocycles. The van der Waals surface area contributed by atoms with Crippen LogP contribution in [0.5, 0.6) is 11.5 Å². The Bertz CT molecular complexity index is 1420. The van der Waals surface area contributed by atoms with E-state index in [9.17, 15) is 19.3 Å². The molecule has 0 atom stereocenters. The average molecular weight is 511 g/mol. The van der Waals surface area contributed by atoms with Crippen molar-refractivity contribution in [3.8, 4) is 11.5 Å². The summed E-state index contributed by atoms with van der Waals surface area (Å²) in [6.45, 7) is 3.59. The lowest BCUT2D eigenvalue weighted by molar-refractivity contribution is -0.385. The van der Waals surface area contributed by atoms with Crippen molar-refractivity contribution in [2.24, 2.45) is 4.99 Å². The number of hydrogen-bond donors (Lipinski definition) is 0. The molecule has 184 valence electrons. The number of carbonyl (C=O) groups is 1. The summed E-state index contributed by atoms with van der Waals surface area (Å²) < 4.78 is 30.7. The molecule has 1 heterocycles. The molecule has 1 aliphatic rings. The topological polar surface area (TPSA) is 100 Å². The number of benzene rings is 3. The molecule has 0 saturated carbocycles. The third-order valence-corrected chi connectivity index (χ3v) is 5.60. The summed E-state index contributed by atoms with van der Waals surface area (Å²) in [4.78, 5) is 27.4. The quantitative estimate of drug-likeness (QED) is 0.159. The molecule has 10 heteroatoms. The van der Waals surface area contributed by atoms with Crippen molar-refractivity contribution in [1.29, 1.82) is 0 Å². The molecular formula is C26H20ClFN2O6. The molecule has 1 aliphatic heterocycles. The Morgan fingerprint density at radius 1 is 1.17 bits per heavy atom. The van der Waals surface area contributed by atoms with Crippen LogP contribution in [0.15, 0.2) is 65.3 Å². The van der Waals surface area contributed by atoms with Crippen molar-refractivity contribution in [3.05, 3.63) is 104 Å². The van der Waals surface area contributed by atoms with E-state index in [1.54, 1.807) is 50.2 Å². The van der Waals surface area contributed by atoms with Crippen molar-refractivity contribution in [2.45, 2.75) is 20.5 Å². The van der Waals surface area contributed by atoms with Crippen molar-refractivity contribution in [3.63, 3.8) is 0 Å². The molecule has 0 fully saturated rings. The van der Waals surface area contributed by atoms with Crippen LogP contribution in [0.3, 0.4) is 0 Å². The lowest BCUT2D eigenvalue weighted by Gasteiger charge is -2.15. The Labute approximate surface area is 210 Å². The van der Waals surface area contributed by atoms with Crippen LogP contribution >= 0.6 is 11.6 Å². The van der Waals surface area contributed by atoms with Gasteiger partial charge in [0, 0.05) is 22.8 Å². The van der Waals surface area contributed by atoms with Crippen LogP contribution in [0.2, 0.25) is 5.02 Å². The van der Waals surface area contributed by atoms with Crippen LogP contribution in [0.25, 0.3) is 6.08 Å². The Morgan fingerprint density at radius 3 is 2.67 bits per heavy atom. The minimum atomic E-state index is -0.718. The second-order valence-corrected chi connectivity index (χ2v) is 8.09. The molecule has 0 radical (unpaired) electrons. The molecular weight excluding hydrogens is 491 g/mol. The van der Waals surface area contributed by atoms with Gasteiger partial charge in [0.15, 0.2) is 17.2 Å². The molecule has 0 aliphatic carbocycles. The van der Waals surface area contributed by atoms with E-state index in [0.717, 1.165) is 0 Å². The van der Waals surface area contributed by atoms with Crippen LogP contribution in [0.4, 0.5) is 10.1 Å². The fourth-order valence-electron chi connectivity index (χ4n) is 3.57. The van der Waals surface area contributed by atoms with E-state index >= 15 is 0 Å². The highest BCUT2D eigenvalue weighted by Gasteiger charge is 2.27. The lowest BCUT2D eigenvalue weighted by Crippen LogP contribution is -2.08. The lowest BCUT2D eigenvalue weighted by atomic mass is 10.1. The first-order valence-corrected chi connectivity index (χ1v) is 11.3. The fourth-order valence-corrected chi connectivity index (χ4v) is 3.85. The number of halogens is 2. The number of carbonyl (C=O) groups excluding carboxylic acids is 1. The summed E-state index contributed by atoms with van der Waals surface area (Å²) >= 11 is 6.45. The van der Waals surface area contributed by atoms with E-state index in [-0.39, 0.29) is 34.7 Å². The molecule has 36 heavy (non-hydrogen) atoms. The third kappa shape index (κ3) is 5.21.